The highest BCUT2D eigenvalue weighted by Crippen LogP contribution is 2.29. The van der Waals surface area contributed by atoms with E-state index in [2.05, 4.69) is 0 Å². The van der Waals surface area contributed by atoms with Crippen LogP contribution in [-0.4, -0.2) is 10.8 Å². The first kappa shape index (κ1) is 11.9. The molecule has 1 aromatic heterocycles. The highest BCUT2D eigenvalue weighted by molar-refractivity contribution is 7.13. The summed E-state index contributed by atoms with van der Waals surface area (Å²) in [4.78, 5) is 21.8. The summed E-state index contributed by atoms with van der Waals surface area (Å²) in [5.74, 6) is -0.851. The molecule has 2 N–H and O–H groups in total. The van der Waals surface area contributed by atoms with Crippen LogP contribution < -0.4 is 5.73 Å². The lowest BCUT2D eigenvalue weighted by atomic mass is 10.2. The van der Waals surface area contributed by atoms with E-state index >= 15 is 0 Å². The summed E-state index contributed by atoms with van der Waals surface area (Å²) in [5.41, 5.74) is 4.69. The lowest BCUT2D eigenvalue weighted by Gasteiger charge is -1.87. The fourth-order valence-electron chi connectivity index (χ4n) is 1.05. The summed E-state index contributed by atoms with van der Waals surface area (Å²) < 4.78 is 0. The molecule has 0 saturated heterocycles. The topological polar surface area (TPSA) is 110 Å². The molecule has 0 spiro atoms. The maximum absolute atomic E-state index is 10.8. The molecular weight excluding hydrogens is 230 g/mol. The summed E-state index contributed by atoms with van der Waals surface area (Å²) in [6, 6.07) is 2.94. The number of carbonyl (C=O) groups is 1. The molecule has 16 heavy (non-hydrogen) atoms. The van der Waals surface area contributed by atoms with Crippen LogP contribution >= 0.6 is 11.3 Å². The molecule has 82 valence electrons. The van der Waals surface area contributed by atoms with Gasteiger partial charge in [0.25, 0.3) is 11.6 Å². The monoisotopic (exact) mass is 237 g/mol. The fourth-order valence-corrected chi connectivity index (χ4v) is 1.99. The predicted molar refractivity (Wildman–Crippen MR) is 58.5 cm³/mol. The van der Waals surface area contributed by atoms with Crippen molar-refractivity contribution in [1.29, 1.82) is 5.26 Å². The van der Waals surface area contributed by atoms with E-state index < -0.39 is 10.8 Å². The van der Waals surface area contributed by atoms with Crippen molar-refractivity contribution in [3.63, 3.8) is 0 Å². The number of rotatable bonds is 3. The van der Waals surface area contributed by atoms with Gasteiger partial charge in [0.15, 0.2) is 0 Å². The second-order valence-electron chi connectivity index (χ2n) is 2.88. The molecule has 0 fully saturated rings. The Morgan fingerprint density at radius 2 is 2.38 bits per heavy atom. The van der Waals surface area contributed by atoms with Gasteiger partial charge in [0.1, 0.15) is 11.6 Å². The van der Waals surface area contributed by atoms with E-state index in [1.165, 1.54) is 12.1 Å². The van der Waals surface area contributed by atoms with Crippen molar-refractivity contribution in [3.05, 3.63) is 31.5 Å². The van der Waals surface area contributed by atoms with E-state index in [-0.39, 0.29) is 11.3 Å². The van der Waals surface area contributed by atoms with Crippen LogP contribution in [0.3, 0.4) is 0 Å². The van der Waals surface area contributed by atoms with Crippen LogP contribution in [0.1, 0.15) is 9.75 Å². The Bertz CT molecular complexity index is 525. The zero-order chi connectivity index (χ0) is 12.3. The van der Waals surface area contributed by atoms with Crippen molar-refractivity contribution in [2.75, 3.05) is 0 Å². The van der Waals surface area contributed by atoms with Crippen LogP contribution in [0, 0.1) is 28.4 Å². The van der Waals surface area contributed by atoms with E-state index in [0.717, 1.165) is 11.3 Å². The SMILES string of the molecule is Cc1sc(/C=C(\C#N)C(N)=O)cc1[N+](=O)[O-]. The molecule has 1 amide bonds. The zero-order valence-corrected chi connectivity index (χ0v) is 9.08. The molecule has 0 saturated carbocycles. The molecular formula is C9H7N3O3S. The minimum Gasteiger partial charge on any atom is -0.365 e. The molecule has 0 bridgehead atoms. The molecule has 0 atom stereocenters. The number of amides is 1. The van der Waals surface area contributed by atoms with E-state index in [0.29, 0.717) is 9.75 Å². The molecule has 0 aliphatic heterocycles. The highest BCUT2D eigenvalue weighted by atomic mass is 32.1. The Labute approximate surface area is 94.8 Å². The highest BCUT2D eigenvalue weighted by Gasteiger charge is 2.15. The largest absolute Gasteiger partial charge is 0.365 e. The van der Waals surface area contributed by atoms with E-state index in [1.807, 2.05) is 0 Å². The number of carbonyl (C=O) groups excluding carboxylic acids is 1. The van der Waals surface area contributed by atoms with Crippen LogP contribution in [0.2, 0.25) is 0 Å². The number of nitrogens with two attached hydrogens (primary N) is 1. The maximum Gasteiger partial charge on any atom is 0.283 e. The van der Waals surface area contributed by atoms with Crippen molar-refractivity contribution in [2.45, 2.75) is 6.92 Å². The van der Waals surface area contributed by atoms with Gasteiger partial charge in [-0.2, -0.15) is 5.26 Å². The lowest BCUT2D eigenvalue weighted by molar-refractivity contribution is -0.385. The average Bonchev–Trinajstić information content (AvgIpc) is 2.55. The molecule has 6 nitrogen and oxygen atoms in total. The summed E-state index contributed by atoms with van der Waals surface area (Å²) in [5, 5.41) is 19.2. The smallest absolute Gasteiger partial charge is 0.283 e. The Morgan fingerprint density at radius 1 is 1.75 bits per heavy atom. The average molecular weight is 237 g/mol. The van der Waals surface area contributed by atoms with Gasteiger partial charge in [-0.25, -0.2) is 0 Å². The first-order chi connectivity index (χ1) is 7.45. The zero-order valence-electron chi connectivity index (χ0n) is 8.26. The van der Waals surface area contributed by atoms with Crippen molar-refractivity contribution in [3.8, 4) is 6.07 Å². The van der Waals surface area contributed by atoms with Gasteiger partial charge in [-0.1, -0.05) is 0 Å². The predicted octanol–water partition coefficient (Wildman–Crippen LogP) is 1.36. The van der Waals surface area contributed by atoms with Crippen LogP contribution in [0.5, 0.6) is 0 Å². The number of nitrogens with zero attached hydrogens (tertiary/aromatic N) is 2. The number of aryl methyl sites for hydroxylation is 1. The molecule has 0 aliphatic carbocycles. The third-order valence-corrected chi connectivity index (χ3v) is 2.77. The number of thiophene rings is 1. The maximum atomic E-state index is 10.8. The first-order valence-corrected chi connectivity index (χ1v) is 4.93. The molecule has 7 heteroatoms. The summed E-state index contributed by atoms with van der Waals surface area (Å²) >= 11 is 1.13. The molecule has 1 heterocycles. The molecule has 0 unspecified atom stereocenters. The number of hydrogen-bond acceptors (Lipinski definition) is 5. The quantitative estimate of drug-likeness (QED) is 0.370. The van der Waals surface area contributed by atoms with Gasteiger partial charge in [-0.15, -0.1) is 11.3 Å². The first-order valence-electron chi connectivity index (χ1n) is 4.12. The van der Waals surface area contributed by atoms with E-state index in [4.69, 9.17) is 11.0 Å². The third kappa shape index (κ3) is 2.43. The van der Waals surface area contributed by atoms with Crippen molar-refractivity contribution in [1.82, 2.24) is 0 Å². The normalized spacial score (nSPS) is 10.9. The van der Waals surface area contributed by atoms with Crippen LogP contribution in [0.25, 0.3) is 6.08 Å². The van der Waals surface area contributed by atoms with Gasteiger partial charge in [-0.3, -0.25) is 14.9 Å². The Balaban J connectivity index is 3.17. The number of primary amides is 1. The Morgan fingerprint density at radius 3 is 2.75 bits per heavy atom. The van der Waals surface area contributed by atoms with Crippen LogP contribution in [0.4, 0.5) is 5.69 Å². The van der Waals surface area contributed by atoms with Crippen LogP contribution in [0.15, 0.2) is 11.6 Å². The van der Waals surface area contributed by atoms with Crippen LogP contribution in [-0.2, 0) is 4.79 Å². The second kappa shape index (κ2) is 4.55. The van der Waals surface area contributed by atoms with Crippen molar-refractivity contribution < 1.29 is 9.72 Å². The summed E-state index contributed by atoms with van der Waals surface area (Å²) in [6.07, 6.45) is 1.24. The van der Waals surface area contributed by atoms with Crippen molar-refractivity contribution in [2.24, 2.45) is 5.73 Å². The molecule has 1 aromatic rings. The number of nitriles is 1. The van der Waals surface area contributed by atoms with E-state index in [1.54, 1.807) is 13.0 Å². The Hall–Kier alpha value is -2.20. The molecule has 0 radical (unpaired) electrons. The van der Waals surface area contributed by atoms with Crippen molar-refractivity contribution >= 4 is 29.0 Å². The molecule has 0 aromatic carbocycles. The number of hydrogen-bond donors (Lipinski definition) is 1. The second-order valence-corrected chi connectivity index (χ2v) is 4.17. The van der Waals surface area contributed by atoms with Gasteiger partial charge in [0, 0.05) is 10.9 Å². The molecule has 0 aliphatic rings. The Kier molecular flexibility index (Phi) is 3.37. The van der Waals surface area contributed by atoms with Gasteiger partial charge in [0.2, 0.25) is 0 Å². The standard InChI is InChI=1S/C9H7N3O3S/c1-5-8(12(14)15)3-7(16-5)2-6(4-10)9(11)13/h2-3H,1H3,(H2,11,13)/b6-2+. The minimum absolute atomic E-state index is 0.0296. The van der Waals surface area contributed by atoms with Gasteiger partial charge >= 0.3 is 0 Å². The third-order valence-electron chi connectivity index (χ3n) is 1.78. The summed E-state index contributed by atoms with van der Waals surface area (Å²) in [6.45, 7) is 1.59. The van der Waals surface area contributed by atoms with E-state index in [9.17, 15) is 14.9 Å². The fraction of sp³-hybridized carbons (Fsp3) is 0.111. The summed E-state index contributed by atoms with van der Waals surface area (Å²) in [7, 11) is 0. The minimum atomic E-state index is -0.851. The lowest BCUT2D eigenvalue weighted by Crippen LogP contribution is -2.12. The number of nitro groups is 1. The molecule has 1 rings (SSSR count). The van der Waals surface area contributed by atoms with Gasteiger partial charge in [0.05, 0.1) is 9.80 Å². The van der Waals surface area contributed by atoms with Gasteiger partial charge in [-0.05, 0) is 13.0 Å². The van der Waals surface area contributed by atoms with Gasteiger partial charge < -0.3 is 5.73 Å².